The molecular weight excluding hydrogens is 432 g/mol. The van der Waals surface area contributed by atoms with Crippen molar-refractivity contribution in [3.05, 3.63) is 48.0 Å². The molecule has 1 atom stereocenters. The number of thioether (sulfide) groups is 1. The number of benzene rings is 2. The van der Waals surface area contributed by atoms with Crippen LogP contribution in [0.2, 0.25) is 0 Å². The molecule has 1 fully saturated rings. The van der Waals surface area contributed by atoms with Gasteiger partial charge in [-0.25, -0.2) is 0 Å². The molecule has 0 bridgehead atoms. The molecule has 0 N–H and O–H groups in total. The molecular formula is C22H20N4O3S2. The predicted molar refractivity (Wildman–Crippen MR) is 120 cm³/mol. The Kier molecular flexibility index (Phi) is 4.72. The van der Waals surface area contributed by atoms with E-state index in [0.717, 1.165) is 52.1 Å². The van der Waals surface area contributed by atoms with Crippen LogP contribution < -0.4 is 9.47 Å². The number of hydrogen-bond donors (Lipinski definition) is 0. The molecule has 1 unspecified atom stereocenters. The third kappa shape index (κ3) is 3.32. The van der Waals surface area contributed by atoms with E-state index in [0.29, 0.717) is 19.0 Å². The second-order valence-corrected chi connectivity index (χ2v) is 9.56. The van der Waals surface area contributed by atoms with E-state index in [9.17, 15) is 4.79 Å². The molecule has 9 heteroatoms. The summed E-state index contributed by atoms with van der Waals surface area (Å²) >= 11 is 3.06. The highest BCUT2D eigenvalue weighted by atomic mass is 32.2. The van der Waals surface area contributed by atoms with E-state index >= 15 is 0 Å². The van der Waals surface area contributed by atoms with Gasteiger partial charge in [-0.15, -0.1) is 10.2 Å². The highest BCUT2D eigenvalue weighted by Crippen LogP contribution is 2.38. The zero-order chi connectivity index (χ0) is 20.8. The van der Waals surface area contributed by atoms with Gasteiger partial charge in [0.05, 0.1) is 22.0 Å². The van der Waals surface area contributed by atoms with Crippen LogP contribution in [0.4, 0.5) is 0 Å². The minimum absolute atomic E-state index is 0.0734. The number of carbonyl (C=O) groups excluding carboxylic acids is 1. The molecule has 2 aliphatic rings. The molecule has 4 heterocycles. The SMILES string of the molecule is O=C(CSc1nnc2sc3ccccc3n12)N1CCCC1c1ccc2c(c1)OCCO2. The third-order valence-electron chi connectivity index (χ3n) is 5.76. The summed E-state index contributed by atoms with van der Waals surface area (Å²) in [7, 11) is 0. The first kappa shape index (κ1) is 18.9. The highest BCUT2D eigenvalue weighted by molar-refractivity contribution is 7.99. The number of fused-ring (bicyclic) bond motifs is 4. The summed E-state index contributed by atoms with van der Waals surface area (Å²) < 4.78 is 14.6. The third-order valence-corrected chi connectivity index (χ3v) is 7.69. The predicted octanol–water partition coefficient (Wildman–Crippen LogP) is 4.17. The van der Waals surface area contributed by atoms with Crippen LogP contribution in [0.15, 0.2) is 47.6 Å². The van der Waals surface area contributed by atoms with Crippen LogP contribution in [-0.2, 0) is 4.79 Å². The van der Waals surface area contributed by atoms with Gasteiger partial charge in [-0.3, -0.25) is 9.20 Å². The topological polar surface area (TPSA) is 69.0 Å². The van der Waals surface area contributed by atoms with Gasteiger partial charge in [-0.1, -0.05) is 41.3 Å². The van der Waals surface area contributed by atoms with Crippen LogP contribution in [0.5, 0.6) is 11.5 Å². The Morgan fingerprint density at radius 3 is 2.94 bits per heavy atom. The number of carbonyl (C=O) groups is 1. The van der Waals surface area contributed by atoms with Crippen LogP contribution in [-0.4, -0.2) is 50.9 Å². The van der Waals surface area contributed by atoms with Crippen molar-refractivity contribution in [2.45, 2.75) is 24.0 Å². The van der Waals surface area contributed by atoms with Crippen molar-refractivity contribution in [3.8, 4) is 11.5 Å². The van der Waals surface area contributed by atoms with Crippen molar-refractivity contribution in [2.24, 2.45) is 0 Å². The van der Waals surface area contributed by atoms with Gasteiger partial charge in [0.2, 0.25) is 10.9 Å². The number of thiazole rings is 1. The van der Waals surface area contributed by atoms with Crippen molar-refractivity contribution in [1.29, 1.82) is 0 Å². The van der Waals surface area contributed by atoms with E-state index in [1.54, 1.807) is 11.3 Å². The van der Waals surface area contributed by atoms with Gasteiger partial charge >= 0.3 is 0 Å². The lowest BCUT2D eigenvalue weighted by Crippen LogP contribution is -2.32. The van der Waals surface area contributed by atoms with E-state index in [2.05, 4.69) is 28.4 Å². The molecule has 158 valence electrons. The molecule has 6 rings (SSSR count). The number of amides is 1. The molecule has 2 aromatic heterocycles. The summed E-state index contributed by atoms with van der Waals surface area (Å²) in [5, 5.41) is 9.37. The zero-order valence-electron chi connectivity index (χ0n) is 16.7. The molecule has 31 heavy (non-hydrogen) atoms. The molecule has 1 amide bonds. The normalized spacial score (nSPS) is 18.2. The van der Waals surface area contributed by atoms with Crippen LogP contribution >= 0.6 is 23.1 Å². The Labute approximate surface area is 187 Å². The first-order chi connectivity index (χ1) is 15.3. The maximum atomic E-state index is 13.1. The highest BCUT2D eigenvalue weighted by Gasteiger charge is 2.31. The number of hydrogen-bond acceptors (Lipinski definition) is 7. The number of aromatic nitrogens is 3. The molecule has 0 saturated carbocycles. The van der Waals surface area contributed by atoms with Crippen molar-refractivity contribution >= 4 is 44.2 Å². The Balaban J connectivity index is 1.21. The second-order valence-electron chi connectivity index (χ2n) is 7.61. The van der Waals surface area contributed by atoms with E-state index in [1.807, 2.05) is 33.6 Å². The monoisotopic (exact) mass is 452 g/mol. The lowest BCUT2D eigenvalue weighted by molar-refractivity contribution is -0.129. The van der Waals surface area contributed by atoms with Crippen molar-refractivity contribution in [2.75, 3.05) is 25.5 Å². The minimum Gasteiger partial charge on any atom is -0.486 e. The lowest BCUT2D eigenvalue weighted by atomic mass is 10.0. The maximum Gasteiger partial charge on any atom is 0.233 e. The van der Waals surface area contributed by atoms with Crippen molar-refractivity contribution in [1.82, 2.24) is 19.5 Å². The lowest BCUT2D eigenvalue weighted by Gasteiger charge is -2.26. The van der Waals surface area contributed by atoms with Crippen LogP contribution in [0, 0.1) is 0 Å². The van der Waals surface area contributed by atoms with Gasteiger partial charge in [-0.05, 0) is 42.7 Å². The van der Waals surface area contributed by atoms with Crippen LogP contribution in [0.25, 0.3) is 15.2 Å². The van der Waals surface area contributed by atoms with Gasteiger partial charge in [0, 0.05) is 6.54 Å². The molecule has 2 aliphatic heterocycles. The average molecular weight is 453 g/mol. The Bertz CT molecular complexity index is 1280. The van der Waals surface area contributed by atoms with E-state index in [-0.39, 0.29) is 11.9 Å². The van der Waals surface area contributed by atoms with Crippen molar-refractivity contribution in [3.63, 3.8) is 0 Å². The minimum atomic E-state index is 0.0734. The largest absolute Gasteiger partial charge is 0.486 e. The van der Waals surface area contributed by atoms with Crippen molar-refractivity contribution < 1.29 is 14.3 Å². The molecule has 2 aromatic carbocycles. The number of likely N-dealkylation sites (tertiary alicyclic amines) is 1. The van der Waals surface area contributed by atoms with E-state index in [4.69, 9.17) is 9.47 Å². The molecule has 0 spiro atoms. The molecule has 0 aliphatic carbocycles. The summed E-state index contributed by atoms with van der Waals surface area (Å²) in [6.07, 6.45) is 1.96. The van der Waals surface area contributed by atoms with Gasteiger partial charge in [0.15, 0.2) is 16.7 Å². The smallest absolute Gasteiger partial charge is 0.233 e. The number of rotatable bonds is 4. The average Bonchev–Trinajstić information content (AvgIpc) is 3.52. The number of ether oxygens (including phenoxy) is 2. The molecule has 0 radical (unpaired) electrons. The number of para-hydroxylation sites is 1. The second kappa shape index (κ2) is 7.72. The first-order valence-electron chi connectivity index (χ1n) is 10.3. The number of nitrogens with zero attached hydrogens (tertiary/aromatic N) is 4. The van der Waals surface area contributed by atoms with Gasteiger partial charge in [-0.2, -0.15) is 0 Å². The fraction of sp³-hybridized carbons (Fsp3) is 0.318. The fourth-order valence-corrected chi connectivity index (χ4v) is 6.19. The Hall–Kier alpha value is -2.78. The summed E-state index contributed by atoms with van der Waals surface area (Å²) in [5.41, 5.74) is 2.19. The van der Waals surface area contributed by atoms with E-state index < -0.39 is 0 Å². The van der Waals surface area contributed by atoms with Gasteiger partial charge in [0.1, 0.15) is 13.2 Å². The molecule has 4 aromatic rings. The first-order valence-corrected chi connectivity index (χ1v) is 12.1. The Morgan fingerprint density at radius 1 is 1.13 bits per heavy atom. The van der Waals surface area contributed by atoms with E-state index in [1.165, 1.54) is 16.5 Å². The quantitative estimate of drug-likeness (QED) is 0.433. The maximum absolute atomic E-state index is 13.1. The van der Waals surface area contributed by atoms with Crippen LogP contribution in [0.3, 0.4) is 0 Å². The standard InChI is InChI=1S/C22H20N4O3S2/c27-20(13-30-21-23-24-22-26(21)16-4-1-2-6-19(16)31-22)25-9-3-5-15(25)14-7-8-17-18(12-14)29-11-10-28-17/h1-2,4,6-8,12,15H,3,5,9-11,13H2. The zero-order valence-corrected chi connectivity index (χ0v) is 18.3. The summed E-state index contributed by atoms with van der Waals surface area (Å²) in [6.45, 7) is 1.91. The van der Waals surface area contributed by atoms with Crippen LogP contribution in [0.1, 0.15) is 24.4 Å². The van der Waals surface area contributed by atoms with Gasteiger partial charge in [0.25, 0.3) is 0 Å². The molecule has 7 nitrogen and oxygen atoms in total. The summed E-state index contributed by atoms with van der Waals surface area (Å²) in [4.78, 5) is 16.0. The Morgan fingerprint density at radius 2 is 2.00 bits per heavy atom. The van der Waals surface area contributed by atoms with Gasteiger partial charge < -0.3 is 14.4 Å². The fourth-order valence-electron chi connectivity index (χ4n) is 4.34. The summed E-state index contributed by atoms with van der Waals surface area (Å²) in [6, 6.07) is 14.3. The summed E-state index contributed by atoms with van der Waals surface area (Å²) in [5.74, 6) is 2.01. The molecule has 1 saturated heterocycles.